The minimum absolute atomic E-state index is 0.0321. The summed E-state index contributed by atoms with van der Waals surface area (Å²) in [7, 11) is -3.25. The Kier molecular flexibility index (Phi) is 5.17. The highest BCUT2D eigenvalue weighted by molar-refractivity contribution is 7.88. The molecule has 0 saturated carbocycles. The summed E-state index contributed by atoms with van der Waals surface area (Å²) in [6.45, 7) is 5.21. The number of amides is 1. The van der Waals surface area contributed by atoms with Crippen LogP contribution in [0, 0.1) is 13.8 Å². The average molecular weight is 329 g/mol. The van der Waals surface area contributed by atoms with E-state index in [4.69, 9.17) is 0 Å². The Morgan fingerprint density at radius 3 is 2.73 bits per heavy atom. The Hall–Kier alpha value is -1.48. The van der Waals surface area contributed by atoms with Gasteiger partial charge in [0.1, 0.15) is 11.6 Å². The van der Waals surface area contributed by atoms with Gasteiger partial charge in [-0.25, -0.2) is 22.8 Å². The molecule has 22 heavy (non-hydrogen) atoms. The molecule has 2 heterocycles. The molecule has 9 heteroatoms. The number of rotatable bonds is 5. The van der Waals surface area contributed by atoms with Crippen molar-refractivity contribution in [3.8, 4) is 0 Å². The first-order valence-electron chi connectivity index (χ1n) is 7.38. The summed E-state index contributed by atoms with van der Waals surface area (Å²) in [6, 6.07) is 0.141. The number of likely N-dealkylation sites (tertiary alicyclic amines) is 1. The summed E-state index contributed by atoms with van der Waals surface area (Å²) in [6.07, 6.45) is 3.14. The smallest absolute Gasteiger partial charge is 0.223 e. The van der Waals surface area contributed by atoms with E-state index in [0.717, 1.165) is 30.7 Å². The van der Waals surface area contributed by atoms with Crippen LogP contribution >= 0.6 is 0 Å². The monoisotopic (exact) mass is 329 g/mol. The highest BCUT2D eigenvalue weighted by Gasteiger charge is 2.26. The van der Waals surface area contributed by atoms with Crippen LogP contribution in [0.1, 0.15) is 37.0 Å². The van der Waals surface area contributed by atoms with E-state index in [0.29, 0.717) is 13.1 Å². The lowest BCUT2D eigenvalue weighted by molar-refractivity contribution is -0.132. The van der Waals surface area contributed by atoms with Crippen molar-refractivity contribution in [1.82, 2.24) is 24.4 Å². The van der Waals surface area contributed by atoms with Crippen LogP contribution in [0.15, 0.2) is 0 Å². The summed E-state index contributed by atoms with van der Waals surface area (Å²) < 4.78 is 26.3. The van der Waals surface area contributed by atoms with Gasteiger partial charge < -0.3 is 4.90 Å². The van der Waals surface area contributed by atoms with Crippen molar-refractivity contribution in [2.24, 2.45) is 0 Å². The number of hydrogen-bond acceptors (Lipinski definition) is 5. The first kappa shape index (κ1) is 16.9. The van der Waals surface area contributed by atoms with E-state index in [-0.39, 0.29) is 24.9 Å². The van der Waals surface area contributed by atoms with Gasteiger partial charge in [-0.3, -0.25) is 4.79 Å². The molecule has 1 atom stereocenters. The van der Waals surface area contributed by atoms with Crippen molar-refractivity contribution >= 4 is 15.9 Å². The van der Waals surface area contributed by atoms with Crippen LogP contribution in [0.5, 0.6) is 0 Å². The van der Waals surface area contributed by atoms with Crippen molar-refractivity contribution in [1.29, 1.82) is 0 Å². The molecule has 0 spiro atoms. The highest BCUT2D eigenvalue weighted by Crippen LogP contribution is 2.22. The Balaban J connectivity index is 1.93. The van der Waals surface area contributed by atoms with Crippen molar-refractivity contribution in [2.45, 2.75) is 39.2 Å². The summed E-state index contributed by atoms with van der Waals surface area (Å²) >= 11 is 0. The predicted molar refractivity (Wildman–Crippen MR) is 81.8 cm³/mol. The number of aromatic nitrogens is 3. The second-order valence-electron chi connectivity index (χ2n) is 5.70. The molecule has 8 nitrogen and oxygen atoms in total. The van der Waals surface area contributed by atoms with Gasteiger partial charge in [-0.1, -0.05) is 0 Å². The molecule has 1 N–H and O–H groups in total. The van der Waals surface area contributed by atoms with E-state index in [2.05, 4.69) is 14.8 Å². The van der Waals surface area contributed by atoms with Crippen LogP contribution in [-0.2, 0) is 14.8 Å². The first-order chi connectivity index (χ1) is 10.3. The lowest BCUT2D eigenvalue weighted by atomic mass is 10.1. The maximum atomic E-state index is 12.2. The second kappa shape index (κ2) is 6.74. The van der Waals surface area contributed by atoms with Gasteiger partial charge >= 0.3 is 0 Å². The van der Waals surface area contributed by atoms with Gasteiger partial charge in [-0.15, -0.1) is 0 Å². The molecule has 0 aliphatic carbocycles. The first-order valence-corrected chi connectivity index (χ1v) is 9.27. The number of nitrogens with one attached hydrogen (secondary N) is 1. The standard InChI is InChI=1S/C13H23N5O3S/c1-10-15-11(2)18(16-10)12-5-4-8-17(9-12)13(19)6-7-14-22(3,20)21/h12,14H,4-9H2,1-3H3/t12-/m1/s1. The number of aryl methyl sites for hydroxylation is 2. The number of piperidine rings is 1. The second-order valence-corrected chi connectivity index (χ2v) is 7.54. The van der Waals surface area contributed by atoms with Crippen LogP contribution in [0.4, 0.5) is 0 Å². The Morgan fingerprint density at radius 1 is 1.41 bits per heavy atom. The fourth-order valence-electron chi connectivity index (χ4n) is 2.76. The van der Waals surface area contributed by atoms with Gasteiger partial charge in [0, 0.05) is 26.1 Å². The molecular weight excluding hydrogens is 306 g/mol. The van der Waals surface area contributed by atoms with Gasteiger partial charge in [-0.05, 0) is 26.7 Å². The van der Waals surface area contributed by atoms with Gasteiger partial charge in [0.25, 0.3) is 0 Å². The molecule has 2 rings (SSSR count). The molecular formula is C13H23N5O3S. The average Bonchev–Trinajstić information content (AvgIpc) is 2.76. The van der Waals surface area contributed by atoms with Gasteiger partial charge in [0.05, 0.1) is 12.3 Å². The number of carbonyl (C=O) groups excluding carboxylic acids is 1. The number of carbonyl (C=O) groups is 1. The molecule has 1 fully saturated rings. The van der Waals surface area contributed by atoms with Gasteiger partial charge in [-0.2, -0.15) is 5.10 Å². The molecule has 1 aromatic heterocycles. The number of nitrogens with zero attached hydrogens (tertiary/aromatic N) is 4. The summed E-state index contributed by atoms with van der Waals surface area (Å²) in [4.78, 5) is 18.3. The molecule has 0 unspecified atom stereocenters. The van der Waals surface area contributed by atoms with Crippen LogP contribution < -0.4 is 4.72 Å². The van der Waals surface area contributed by atoms with E-state index in [1.807, 2.05) is 18.5 Å². The van der Waals surface area contributed by atoms with E-state index in [9.17, 15) is 13.2 Å². The topological polar surface area (TPSA) is 97.2 Å². The molecule has 0 radical (unpaired) electrons. The fraction of sp³-hybridized carbons (Fsp3) is 0.769. The van der Waals surface area contributed by atoms with Crippen molar-refractivity contribution in [2.75, 3.05) is 25.9 Å². The van der Waals surface area contributed by atoms with E-state index in [1.165, 1.54) is 0 Å². The van der Waals surface area contributed by atoms with E-state index in [1.54, 1.807) is 4.90 Å². The molecule has 0 bridgehead atoms. The molecule has 1 aromatic rings. The fourth-order valence-corrected chi connectivity index (χ4v) is 3.24. The van der Waals surface area contributed by atoms with E-state index < -0.39 is 10.0 Å². The zero-order valence-electron chi connectivity index (χ0n) is 13.2. The van der Waals surface area contributed by atoms with Gasteiger partial charge in [0.15, 0.2) is 0 Å². The molecule has 1 saturated heterocycles. The lowest BCUT2D eigenvalue weighted by Gasteiger charge is -2.33. The minimum atomic E-state index is -3.25. The predicted octanol–water partition coefficient (Wildman–Crippen LogP) is -0.00226. The SMILES string of the molecule is Cc1nc(C)n([C@@H]2CCCN(C(=O)CCNS(C)(=O)=O)C2)n1. The quantitative estimate of drug-likeness (QED) is 0.820. The maximum Gasteiger partial charge on any atom is 0.223 e. The van der Waals surface area contributed by atoms with Crippen molar-refractivity contribution in [3.05, 3.63) is 11.6 Å². The number of hydrogen-bond donors (Lipinski definition) is 1. The largest absolute Gasteiger partial charge is 0.341 e. The van der Waals surface area contributed by atoms with E-state index >= 15 is 0 Å². The Morgan fingerprint density at radius 2 is 2.14 bits per heavy atom. The number of sulfonamides is 1. The molecule has 0 aromatic carbocycles. The van der Waals surface area contributed by atoms with Crippen LogP contribution in [0.2, 0.25) is 0 Å². The molecule has 124 valence electrons. The van der Waals surface area contributed by atoms with Crippen LogP contribution in [0.25, 0.3) is 0 Å². The minimum Gasteiger partial charge on any atom is -0.341 e. The zero-order chi connectivity index (χ0) is 16.3. The third-order valence-electron chi connectivity index (χ3n) is 3.71. The summed E-state index contributed by atoms with van der Waals surface area (Å²) in [5.41, 5.74) is 0. The zero-order valence-corrected chi connectivity index (χ0v) is 14.1. The molecule has 1 aliphatic rings. The Bertz CT molecular complexity index is 640. The van der Waals surface area contributed by atoms with Crippen molar-refractivity contribution in [3.63, 3.8) is 0 Å². The Labute approximate surface area is 130 Å². The van der Waals surface area contributed by atoms with Gasteiger partial charge in [0.2, 0.25) is 15.9 Å². The summed E-state index contributed by atoms with van der Waals surface area (Å²) in [5, 5.41) is 4.40. The van der Waals surface area contributed by atoms with Crippen molar-refractivity contribution < 1.29 is 13.2 Å². The van der Waals surface area contributed by atoms with Crippen LogP contribution in [0.3, 0.4) is 0 Å². The lowest BCUT2D eigenvalue weighted by Crippen LogP contribution is -2.42. The molecule has 1 aliphatic heterocycles. The maximum absolute atomic E-state index is 12.2. The third kappa shape index (κ3) is 4.51. The normalized spacial score (nSPS) is 19.4. The third-order valence-corrected chi connectivity index (χ3v) is 4.43. The highest BCUT2D eigenvalue weighted by atomic mass is 32.2. The molecule has 1 amide bonds. The summed E-state index contributed by atoms with van der Waals surface area (Å²) in [5.74, 6) is 1.56. The van der Waals surface area contributed by atoms with Crippen LogP contribution in [-0.4, -0.2) is 59.9 Å².